The molecule has 0 aromatic heterocycles. The van der Waals surface area contributed by atoms with Crippen molar-refractivity contribution in [2.24, 2.45) is 5.92 Å². The molecule has 4 nitrogen and oxygen atoms in total. The number of benzene rings is 1. The molecule has 126 valence electrons. The van der Waals surface area contributed by atoms with Crippen molar-refractivity contribution in [2.75, 3.05) is 19.7 Å². The topological polar surface area (TPSA) is 41.6 Å². The van der Waals surface area contributed by atoms with E-state index in [4.69, 9.17) is 4.74 Å². The Morgan fingerprint density at radius 2 is 2.00 bits per heavy atom. The van der Waals surface area contributed by atoms with Gasteiger partial charge in [-0.05, 0) is 24.8 Å². The fourth-order valence-corrected chi connectivity index (χ4v) is 3.61. The first-order chi connectivity index (χ1) is 11.1. The van der Waals surface area contributed by atoms with E-state index in [1.54, 1.807) is 0 Å². The number of nitrogens with zero attached hydrogens (tertiary/aromatic N) is 1. The zero-order valence-corrected chi connectivity index (χ0v) is 14.3. The number of likely N-dealkylation sites (tertiary alicyclic amines) is 1. The van der Waals surface area contributed by atoms with Crippen molar-refractivity contribution in [3.63, 3.8) is 0 Å². The Morgan fingerprint density at radius 1 is 1.30 bits per heavy atom. The number of ether oxygens (including phenoxy) is 1. The molecule has 23 heavy (non-hydrogen) atoms. The molecular formula is C19H28N2O2. The van der Waals surface area contributed by atoms with Gasteiger partial charge in [0.05, 0.1) is 18.2 Å². The highest BCUT2D eigenvalue weighted by molar-refractivity contribution is 5.78. The van der Waals surface area contributed by atoms with Crippen molar-refractivity contribution in [3.8, 4) is 0 Å². The first-order valence-corrected chi connectivity index (χ1v) is 8.77. The average Bonchev–Trinajstić information content (AvgIpc) is 2.93. The molecule has 1 aromatic rings. The van der Waals surface area contributed by atoms with E-state index in [9.17, 15) is 4.79 Å². The normalized spacial score (nSPS) is 24.2. The SMILES string of the molecule is CC(C)C(=O)N[C@@H]1COC2(CCN(Cc3ccccc3)CC2)C1. The predicted molar refractivity (Wildman–Crippen MR) is 91.0 cm³/mol. The summed E-state index contributed by atoms with van der Waals surface area (Å²) in [6, 6.07) is 10.8. The molecule has 2 fully saturated rings. The molecule has 2 heterocycles. The molecule has 2 saturated heterocycles. The second-order valence-electron chi connectivity index (χ2n) is 7.32. The number of carbonyl (C=O) groups is 1. The van der Waals surface area contributed by atoms with Crippen LogP contribution in [0.25, 0.3) is 0 Å². The first kappa shape index (κ1) is 16.5. The standard InChI is InChI=1S/C19H28N2O2/c1-15(2)18(22)20-17-12-19(23-14-17)8-10-21(11-9-19)13-16-6-4-3-5-7-16/h3-7,15,17H,8-14H2,1-2H3,(H,20,22)/t17-/m0/s1. The summed E-state index contributed by atoms with van der Waals surface area (Å²) in [6.07, 6.45) is 3.09. The fourth-order valence-electron chi connectivity index (χ4n) is 3.61. The van der Waals surface area contributed by atoms with E-state index in [-0.39, 0.29) is 23.5 Å². The van der Waals surface area contributed by atoms with Crippen molar-refractivity contribution in [1.82, 2.24) is 10.2 Å². The van der Waals surface area contributed by atoms with Crippen LogP contribution in [-0.2, 0) is 16.1 Å². The van der Waals surface area contributed by atoms with Crippen LogP contribution in [0.15, 0.2) is 30.3 Å². The van der Waals surface area contributed by atoms with Crippen molar-refractivity contribution in [1.29, 1.82) is 0 Å². The van der Waals surface area contributed by atoms with Gasteiger partial charge < -0.3 is 10.1 Å². The Balaban J connectivity index is 1.48. The smallest absolute Gasteiger partial charge is 0.222 e. The molecule has 3 rings (SSSR count). The van der Waals surface area contributed by atoms with Crippen LogP contribution in [-0.4, -0.2) is 42.1 Å². The van der Waals surface area contributed by atoms with Crippen LogP contribution in [0, 0.1) is 5.92 Å². The lowest BCUT2D eigenvalue weighted by Gasteiger charge is -2.38. The molecule has 1 aromatic carbocycles. The molecule has 1 spiro atoms. The van der Waals surface area contributed by atoms with Gasteiger partial charge in [0, 0.05) is 25.6 Å². The van der Waals surface area contributed by atoms with Gasteiger partial charge in [-0.15, -0.1) is 0 Å². The quantitative estimate of drug-likeness (QED) is 0.928. The number of rotatable bonds is 4. The van der Waals surface area contributed by atoms with Crippen molar-refractivity contribution in [2.45, 2.75) is 51.3 Å². The van der Waals surface area contributed by atoms with Gasteiger partial charge in [0.2, 0.25) is 5.91 Å². The van der Waals surface area contributed by atoms with Crippen LogP contribution in [0.3, 0.4) is 0 Å². The monoisotopic (exact) mass is 316 g/mol. The second kappa shape index (κ2) is 7.02. The minimum absolute atomic E-state index is 0.0118. The molecule has 0 bridgehead atoms. The summed E-state index contributed by atoms with van der Waals surface area (Å²) in [5.74, 6) is 0.177. The third-order valence-electron chi connectivity index (χ3n) is 5.10. The van der Waals surface area contributed by atoms with Crippen LogP contribution in [0.1, 0.15) is 38.7 Å². The van der Waals surface area contributed by atoms with E-state index in [2.05, 4.69) is 40.5 Å². The highest BCUT2D eigenvalue weighted by Crippen LogP contribution is 2.36. The molecule has 0 unspecified atom stereocenters. The molecular weight excluding hydrogens is 288 g/mol. The van der Waals surface area contributed by atoms with Gasteiger partial charge in [0.1, 0.15) is 0 Å². The maximum absolute atomic E-state index is 11.9. The van der Waals surface area contributed by atoms with Crippen LogP contribution < -0.4 is 5.32 Å². The first-order valence-electron chi connectivity index (χ1n) is 8.77. The molecule has 4 heteroatoms. The van der Waals surface area contributed by atoms with Crippen LogP contribution in [0.2, 0.25) is 0 Å². The third-order valence-corrected chi connectivity index (χ3v) is 5.10. The molecule has 0 aliphatic carbocycles. The minimum atomic E-state index is -0.0118. The highest BCUT2D eigenvalue weighted by atomic mass is 16.5. The van der Waals surface area contributed by atoms with E-state index in [1.807, 2.05) is 13.8 Å². The van der Waals surface area contributed by atoms with E-state index in [1.165, 1.54) is 5.56 Å². The Labute approximate surface area is 139 Å². The number of hydrogen-bond donors (Lipinski definition) is 1. The summed E-state index contributed by atoms with van der Waals surface area (Å²) in [7, 11) is 0. The molecule has 1 atom stereocenters. The minimum Gasteiger partial charge on any atom is -0.373 e. The number of amides is 1. The van der Waals surface area contributed by atoms with Crippen LogP contribution in [0.4, 0.5) is 0 Å². The number of carbonyl (C=O) groups excluding carboxylic acids is 1. The summed E-state index contributed by atoms with van der Waals surface area (Å²) >= 11 is 0. The molecule has 1 amide bonds. The van der Waals surface area contributed by atoms with Gasteiger partial charge in [-0.2, -0.15) is 0 Å². The lowest BCUT2D eigenvalue weighted by Crippen LogP contribution is -2.45. The molecule has 0 saturated carbocycles. The number of nitrogens with one attached hydrogen (secondary N) is 1. The zero-order chi connectivity index (χ0) is 16.3. The van der Waals surface area contributed by atoms with Crippen LogP contribution >= 0.6 is 0 Å². The van der Waals surface area contributed by atoms with Crippen molar-refractivity contribution in [3.05, 3.63) is 35.9 Å². The van der Waals surface area contributed by atoms with Crippen molar-refractivity contribution < 1.29 is 9.53 Å². The Hall–Kier alpha value is -1.39. The summed E-state index contributed by atoms with van der Waals surface area (Å²) in [6.45, 7) is 7.69. The maximum Gasteiger partial charge on any atom is 0.222 e. The van der Waals surface area contributed by atoms with Gasteiger partial charge in [0.25, 0.3) is 0 Å². The second-order valence-corrected chi connectivity index (χ2v) is 7.32. The molecule has 2 aliphatic heterocycles. The molecule has 2 aliphatic rings. The third kappa shape index (κ3) is 4.12. The van der Waals surface area contributed by atoms with Crippen molar-refractivity contribution >= 4 is 5.91 Å². The zero-order valence-electron chi connectivity index (χ0n) is 14.3. The maximum atomic E-state index is 11.9. The van der Waals surface area contributed by atoms with E-state index in [0.29, 0.717) is 6.61 Å². The number of piperidine rings is 1. The summed E-state index contributed by atoms with van der Waals surface area (Å²) in [5, 5.41) is 3.12. The number of hydrogen-bond acceptors (Lipinski definition) is 3. The van der Waals surface area contributed by atoms with Gasteiger partial charge in [-0.1, -0.05) is 44.2 Å². The fraction of sp³-hybridized carbons (Fsp3) is 0.632. The Bertz CT molecular complexity index is 521. The lowest BCUT2D eigenvalue weighted by molar-refractivity contribution is -0.124. The summed E-state index contributed by atoms with van der Waals surface area (Å²) in [5.41, 5.74) is 1.36. The van der Waals surface area contributed by atoms with E-state index >= 15 is 0 Å². The van der Waals surface area contributed by atoms with E-state index < -0.39 is 0 Å². The van der Waals surface area contributed by atoms with Gasteiger partial charge >= 0.3 is 0 Å². The predicted octanol–water partition coefficient (Wildman–Crippen LogP) is 2.58. The Kier molecular flexibility index (Phi) is 5.02. The van der Waals surface area contributed by atoms with Gasteiger partial charge in [-0.3, -0.25) is 9.69 Å². The lowest BCUT2D eigenvalue weighted by atomic mass is 9.87. The van der Waals surface area contributed by atoms with E-state index in [0.717, 1.165) is 38.9 Å². The van der Waals surface area contributed by atoms with Gasteiger partial charge in [0.15, 0.2) is 0 Å². The summed E-state index contributed by atoms with van der Waals surface area (Å²) in [4.78, 5) is 14.4. The molecule has 0 radical (unpaired) electrons. The van der Waals surface area contributed by atoms with Crippen LogP contribution in [0.5, 0.6) is 0 Å². The molecule has 1 N–H and O–H groups in total. The van der Waals surface area contributed by atoms with Gasteiger partial charge in [-0.25, -0.2) is 0 Å². The largest absolute Gasteiger partial charge is 0.373 e. The summed E-state index contributed by atoms with van der Waals surface area (Å²) < 4.78 is 6.13. The Morgan fingerprint density at radius 3 is 2.65 bits per heavy atom. The average molecular weight is 316 g/mol. The highest BCUT2D eigenvalue weighted by Gasteiger charge is 2.43.